The first kappa shape index (κ1) is 101. The Labute approximate surface area is 697 Å². The molecule has 3 fully saturated rings. The highest BCUT2D eigenvalue weighted by atomic mass is 16.6. The molecule has 3 aliphatic carbocycles. The molecule has 36 heteroatoms. The standard InChI is InChI=1S/C83H135N13O23/c1-12-14-15-21-24-31-67(103)117-71-69-68(52(8)70(71)118-79(111)51(7)13-2)55-43-63(100)82(11,113)83(55,114)64(44-81(69,10)119-53(9)99)116-66(102)30-25-22-19-17-16-18-20-23-28-35-87-72(104)58(40-49(3)4)91-74(106)57(32-33-65(85)101)90-75(107)59(41-50(5)6)92-73(105)56(29-26-27-34-84)89-77(109)61(46-97)94-78(110)62(47-98)93-76(108)60(42-54-45-86-48-88-54)95-80(112)96-36-38-115-39-37-96/h13,45,48-50,55-62,64,69-71,97-98,113-114H,12,14-44,46-47,84H2,1-11H3,(H2,85,101)(H,86,88)(H,87,104)(H,89,109)(H,90,107)(H,91,106)(H,92,105)(H,93,108)(H,94,110)(H,95,112)/b51-13-/t55-,56-,57-,58-,59-,60-,61-,62-,64-,69+,70-,71-,81-,82+,83-/m0/s1. The summed E-state index contributed by atoms with van der Waals surface area (Å²) in [5.74, 6) is -13.1. The average molecular weight is 1680 g/mol. The third-order valence-electron chi connectivity index (χ3n) is 22.5. The lowest BCUT2D eigenvalue weighted by atomic mass is 9.73. The van der Waals surface area contributed by atoms with E-state index < -0.39 is 198 Å². The van der Waals surface area contributed by atoms with Gasteiger partial charge in [-0.05, 0) is 122 Å². The van der Waals surface area contributed by atoms with Gasteiger partial charge in [0.05, 0.1) is 38.7 Å². The van der Waals surface area contributed by atoms with E-state index in [1.165, 1.54) is 24.3 Å². The number of nitrogens with zero attached hydrogens (tertiary/aromatic N) is 2. The van der Waals surface area contributed by atoms with E-state index in [1.54, 1.807) is 47.6 Å². The van der Waals surface area contributed by atoms with Gasteiger partial charge in [0.15, 0.2) is 23.6 Å². The Morgan fingerprint density at radius 2 is 1.13 bits per heavy atom. The fourth-order valence-corrected chi connectivity index (χ4v) is 15.8. The maximum Gasteiger partial charge on any atom is 0.334 e. The number of urea groups is 1. The number of nitrogens with one attached hydrogen (secondary N) is 9. The van der Waals surface area contributed by atoms with Crippen molar-refractivity contribution in [2.45, 2.75) is 321 Å². The van der Waals surface area contributed by atoms with E-state index in [1.807, 2.05) is 13.8 Å². The molecule has 17 N–H and O–H groups in total. The topological polar surface area (TPSA) is 546 Å². The second-order valence-electron chi connectivity index (χ2n) is 33.1. The van der Waals surface area contributed by atoms with Crippen molar-refractivity contribution in [2.75, 3.05) is 52.6 Å². The Bertz CT molecular complexity index is 3620. The Morgan fingerprint density at radius 1 is 0.639 bits per heavy atom. The smallest absolute Gasteiger partial charge is 0.334 e. The predicted molar refractivity (Wildman–Crippen MR) is 434 cm³/mol. The summed E-state index contributed by atoms with van der Waals surface area (Å²) in [5, 5.41) is 66.6. The van der Waals surface area contributed by atoms with Crippen LogP contribution in [0.25, 0.3) is 0 Å². The van der Waals surface area contributed by atoms with Crippen molar-refractivity contribution < 1.29 is 111 Å². The minimum absolute atomic E-state index is 0.000397. The van der Waals surface area contributed by atoms with Crippen molar-refractivity contribution in [3.8, 4) is 0 Å². The number of allylic oxidation sites excluding steroid dienone is 1. The van der Waals surface area contributed by atoms with Crippen LogP contribution < -0.4 is 54.0 Å². The summed E-state index contributed by atoms with van der Waals surface area (Å²) < 4.78 is 29.9. The first-order valence-electron chi connectivity index (χ1n) is 42.4. The Balaban J connectivity index is 1.14. The zero-order valence-electron chi connectivity index (χ0n) is 71.5. The van der Waals surface area contributed by atoms with Crippen molar-refractivity contribution in [3.05, 3.63) is 41.0 Å². The average Bonchev–Trinajstić information content (AvgIpc) is 1.52. The Kier molecular flexibility index (Phi) is 42.0. The van der Waals surface area contributed by atoms with Gasteiger partial charge >= 0.3 is 29.9 Å². The molecule has 10 amide bonds. The number of H-pyrrole nitrogens is 1. The van der Waals surface area contributed by atoms with E-state index in [9.17, 15) is 87.5 Å². The number of fused-ring (bicyclic) bond motifs is 3. The molecule has 2 saturated carbocycles. The molecule has 0 spiro atoms. The number of aromatic nitrogens is 2. The Hall–Kier alpha value is -8.97. The van der Waals surface area contributed by atoms with Crippen molar-refractivity contribution in [3.63, 3.8) is 0 Å². The Morgan fingerprint density at radius 3 is 1.65 bits per heavy atom. The summed E-state index contributed by atoms with van der Waals surface area (Å²) in [4.78, 5) is 200. The molecule has 670 valence electrons. The number of hydrogen-bond acceptors (Lipinski definition) is 25. The number of nitrogens with two attached hydrogens (primary N) is 2. The maximum absolute atomic E-state index is 14.4. The van der Waals surface area contributed by atoms with E-state index in [0.29, 0.717) is 48.9 Å². The molecule has 1 aliphatic heterocycles. The van der Waals surface area contributed by atoms with Gasteiger partial charge in [-0.2, -0.15) is 0 Å². The van der Waals surface area contributed by atoms with Crippen LogP contribution in [-0.2, 0) is 92.4 Å². The van der Waals surface area contributed by atoms with Gasteiger partial charge in [0.2, 0.25) is 47.3 Å². The van der Waals surface area contributed by atoms with E-state index in [2.05, 4.69) is 59.4 Å². The lowest BCUT2D eigenvalue weighted by Gasteiger charge is -2.43. The molecule has 0 bridgehead atoms. The molecule has 15 atom stereocenters. The highest BCUT2D eigenvalue weighted by Gasteiger charge is 2.74. The monoisotopic (exact) mass is 1680 g/mol. The number of amides is 10. The zero-order chi connectivity index (χ0) is 88.3. The van der Waals surface area contributed by atoms with Crippen LogP contribution in [-0.4, -0.2) is 248 Å². The quantitative estimate of drug-likeness (QED) is 0.0146. The molecular formula is C83H135N13O23. The van der Waals surface area contributed by atoms with Gasteiger partial charge in [-0.3, -0.25) is 57.5 Å². The molecule has 5 rings (SSSR count). The van der Waals surface area contributed by atoms with Crippen LogP contribution in [0.3, 0.4) is 0 Å². The highest BCUT2D eigenvalue weighted by molar-refractivity contribution is 5.98. The van der Waals surface area contributed by atoms with Crippen molar-refractivity contribution in [2.24, 2.45) is 35.1 Å². The molecule has 1 aromatic heterocycles. The minimum Gasteiger partial charge on any atom is -0.459 e. The number of aliphatic hydroxyl groups excluding tert-OH is 2. The molecule has 119 heavy (non-hydrogen) atoms. The molecule has 1 aromatic rings. The molecular weight excluding hydrogens is 1550 g/mol. The largest absolute Gasteiger partial charge is 0.459 e. The normalized spacial score (nSPS) is 22.7. The summed E-state index contributed by atoms with van der Waals surface area (Å²) in [5.41, 5.74) is 5.97. The molecule has 0 unspecified atom stereocenters. The predicted octanol–water partition coefficient (Wildman–Crippen LogP) is 2.56. The molecule has 2 heterocycles. The maximum atomic E-state index is 14.4. The summed E-state index contributed by atoms with van der Waals surface area (Å²) in [6.45, 7) is 17.6. The van der Waals surface area contributed by atoms with Crippen LogP contribution in [0, 0.1) is 23.7 Å². The van der Waals surface area contributed by atoms with Gasteiger partial charge in [0, 0.05) is 88.5 Å². The van der Waals surface area contributed by atoms with E-state index in [0.717, 1.165) is 71.1 Å². The summed E-state index contributed by atoms with van der Waals surface area (Å²) >= 11 is 0. The van der Waals surface area contributed by atoms with E-state index >= 15 is 0 Å². The zero-order valence-corrected chi connectivity index (χ0v) is 71.5. The SMILES string of the molecule is C/C=C(/C)C(=O)O[C@H]1C(C)=C2[C@H]([C@@H]1OC(=O)CCCCCCC)[C@@](C)(OC(C)=O)C[C@H](OC(=O)CCCCCCCCCCCNC(=O)[C@H](CC(C)C)NC(=O)[C@H](CCC(N)=O)NC(=O)[C@H](CC(C)C)NC(=O)[C@H](CCCCN)NC(=O)[C@H](CO)NC(=O)[C@H](CO)NC(=O)[C@H](Cc1cnc[nH]1)NC(=O)N1CCOCC1)[C@@]1(O)[C@H]2CC(=O)[C@@]1(C)O. The number of imidazole rings is 1. The number of rotatable bonds is 52. The van der Waals surface area contributed by atoms with Gasteiger partial charge in [-0.25, -0.2) is 14.6 Å². The fourth-order valence-electron chi connectivity index (χ4n) is 15.8. The molecule has 36 nitrogen and oxygen atoms in total. The van der Waals surface area contributed by atoms with Gasteiger partial charge in [0.25, 0.3) is 0 Å². The number of Topliss-reactive ketones (excluding diaryl/α,β-unsaturated/α-hetero) is 1. The van der Waals surface area contributed by atoms with E-state index in [4.69, 9.17) is 35.2 Å². The van der Waals surface area contributed by atoms with Gasteiger partial charge in [-0.1, -0.05) is 111 Å². The second-order valence-corrected chi connectivity index (χ2v) is 33.1. The van der Waals surface area contributed by atoms with Crippen molar-refractivity contribution in [1.29, 1.82) is 0 Å². The number of carbonyl (C=O) groups excluding carboxylic acids is 14. The molecule has 0 radical (unpaired) electrons. The summed E-state index contributed by atoms with van der Waals surface area (Å²) in [7, 11) is 0. The summed E-state index contributed by atoms with van der Waals surface area (Å²) in [6, 6.07) is -10.6. The number of primary amides is 1. The number of morpholine rings is 1. The number of unbranched alkanes of at least 4 members (excludes halogenated alkanes) is 13. The number of ether oxygens (including phenoxy) is 5. The third-order valence-corrected chi connectivity index (χ3v) is 22.5. The van der Waals surface area contributed by atoms with Gasteiger partial charge < -0.3 is 108 Å². The van der Waals surface area contributed by atoms with Crippen LogP contribution >= 0.6 is 0 Å². The number of ketones is 1. The van der Waals surface area contributed by atoms with Crippen LogP contribution in [0.1, 0.15) is 242 Å². The summed E-state index contributed by atoms with van der Waals surface area (Å²) in [6.07, 6.45) is 10.1. The first-order valence-corrected chi connectivity index (χ1v) is 42.4. The van der Waals surface area contributed by atoms with Crippen LogP contribution in [0.15, 0.2) is 35.3 Å². The molecule has 4 aliphatic rings. The minimum atomic E-state index is -2.48. The number of carbonyl (C=O) groups is 14. The number of esters is 4. The van der Waals surface area contributed by atoms with Crippen molar-refractivity contribution in [1.82, 2.24) is 57.4 Å². The van der Waals surface area contributed by atoms with Crippen LogP contribution in [0.5, 0.6) is 0 Å². The van der Waals surface area contributed by atoms with Crippen LogP contribution in [0.4, 0.5) is 4.79 Å². The van der Waals surface area contributed by atoms with Gasteiger partial charge in [-0.15, -0.1) is 0 Å². The lowest BCUT2D eigenvalue weighted by Crippen LogP contribution is -2.63. The first-order chi connectivity index (χ1) is 56.4. The lowest BCUT2D eigenvalue weighted by molar-refractivity contribution is -0.216. The second kappa shape index (κ2) is 49.7. The number of aliphatic hydroxyl groups is 4. The van der Waals surface area contributed by atoms with Crippen molar-refractivity contribution >= 4 is 82.9 Å². The molecule has 1 saturated heterocycles. The van der Waals surface area contributed by atoms with Gasteiger partial charge in [0.1, 0.15) is 59.6 Å². The number of aromatic amines is 1. The highest BCUT2D eigenvalue weighted by Crippen LogP contribution is 2.60. The molecule has 0 aromatic carbocycles. The third kappa shape index (κ3) is 30.3. The fraction of sp³-hybridized carbons (Fsp3) is 0.747. The van der Waals surface area contributed by atoms with E-state index in [-0.39, 0.29) is 115 Å². The number of hydrogen-bond donors (Lipinski definition) is 15. The van der Waals surface area contributed by atoms with Crippen LogP contribution in [0.2, 0.25) is 0 Å².